The molecule has 0 amide bonds. The fourth-order valence-corrected chi connectivity index (χ4v) is 2.10. The predicted molar refractivity (Wildman–Crippen MR) is 69.0 cm³/mol. The van der Waals surface area contributed by atoms with Crippen molar-refractivity contribution in [1.29, 1.82) is 0 Å². The van der Waals surface area contributed by atoms with E-state index in [4.69, 9.17) is 0 Å². The zero-order chi connectivity index (χ0) is 10.6. The van der Waals surface area contributed by atoms with Crippen molar-refractivity contribution in [3.05, 3.63) is 36.4 Å². The van der Waals surface area contributed by atoms with Gasteiger partial charge >= 0.3 is 0 Å². The molecule has 0 aliphatic heterocycles. The van der Waals surface area contributed by atoms with Gasteiger partial charge in [0.15, 0.2) is 0 Å². The van der Waals surface area contributed by atoms with Gasteiger partial charge in [-0.05, 0) is 25.5 Å². The summed E-state index contributed by atoms with van der Waals surface area (Å²) in [6, 6.07) is 8.54. The van der Waals surface area contributed by atoms with Crippen LogP contribution in [0.4, 0.5) is 5.69 Å². The van der Waals surface area contributed by atoms with Crippen molar-refractivity contribution in [2.75, 3.05) is 18.0 Å². The quantitative estimate of drug-likeness (QED) is 0.678. The van der Waals surface area contributed by atoms with Crippen molar-refractivity contribution in [3.63, 3.8) is 0 Å². The first-order chi connectivity index (χ1) is 6.70. The van der Waals surface area contributed by atoms with Crippen LogP contribution in [0.2, 0.25) is 0 Å². The molecule has 0 saturated heterocycles. The summed E-state index contributed by atoms with van der Waals surface area (Å²) in [7, 11) is 1.03. The van der Waals surface area contributed by atoms with Crippen LogP contribution in [-0.4, -0.2) is 23.3 Å². The molecule has 0 heterocycles. The Kier molecular flexibility index (Phi) is 3.95. The summed E-state index contributed by atoms with van der Waals surface area (Å²) in [4.78, 5) is 2.37. The summed E-state index contributed by atoms with van der Waals surface area (Å²) in [6.45, 7) is 10.6. The minimum absolute atomic E-state index is 1.03. The minimum atomic E-state index is 1.03. The van der Waals surface area contributed by atoms with E-state index in [0.29, 0.717) is 0 Å². The van der Waals surface area contributed by atoms with E-state index >= 15 is 0 Å². The number of hydrogen-bond acceptors (Lipinski definition) is 1. The largest absolute Gasteiger partial charge is 0.372 e. The maximum absolute atomic E-state index is 4.07. The van der Waals surface area contributed by atoms with Gasteiger partial charge in [-0.25, -0.2) is 0 Å². The fourth-order valence-electron chi connectivity index (χ4n) is 1.67. The molecule has 0 radical (unpaired) electrons. The maximum atomic E-state index is 4.07. The molecule has 0 unspecified atom stereocenters. The highest BCUT2D eigenvalue weighted by Crippen LogP contribution is 2.24. The van der Waals surface area contributed by atoms with Crippen LogP contribution in [0.3, 0.4) is 0 Å². The van der Waals surface area contributed by atoms with Gasteiger partial charge in [0.1, 0.15) is 0 Å². The van der Waals surface area contributed by atoms with E-state index in [1.165, 1.54) is 16.4 Å². The Bertz CT molecular complexity index is 316. The Morgan fingerprint density at radius 3 is 2.36 bits per heavy atom. The molecule has 1 aromatic carbocycles. The van der Waals surface area contributed by atoms with Crippen molar-refractivity contribution < 1.29 is 0 Å². The average molecular weight is 205 g/mol. The van der Waals surface area contributed by atoms with Crippen molar-refractivity contribution >= 4 is 21.1 Å². The van der Waals surface area contributed by atoms with Crippen LogP contribution in [-0.2, 0) is 0 Å². The summed E-state index contributed by atoms with van der Waals surface area (Å²) >= 11 is 0. The molecule has 0 fully saturated rings. The number of benzene rings is 1. The van der Waals surface area contributed by atoms with Gasteiger partial charge in [-0.3, -0.25) is 0 Å². The lowest BCUT2D eigenvalue weighted by Gasteiger charge is -2.24. The summed E-state index contributed by atoms with van der Waals surface area (Å²) in [5.74, 6) is 0. The van der Waals surface area contributed by atoms with E-state index in [0.717, 1.165) is 23.3 Å². The molecule has 0 N–H and O–H groups in total. The lowest BCUT2D eigenvalue weighted by Crippen LogP contribution is -2.22. The molecule has 0 spiro atoms. The van der Waals surface area contributed by atoms with Crippen LogP contribution in [0, 0.1) is 0 Å². The molecule has 0 aromatic heterocycles. The molecule has 0 saturated carbocycles. The van der Waals surface area contributed by atoms with Crippen molar-refractivity contribution in [3.8, 4) is 0 Å². The van der Waals surface area contributed by atoms with E-state index in [1.807, 2.05) is 0 Å². The molecule has 0 aliphatic rings. The lowest BCUT2D eigenvalue weighted by molar-refractivity contribution is 0.865. The first-order valence-electron chi connectivity index (χ1n) is 5.20. The Morgan fingerprint density at radius 1 is 1.29 bits per heavy atom. The van der Waals surface area contributed by atoms with Crippen LogP contribution < -0.4 is 4.90 Å². The Morgan fingerprint density at radius 2 is 1.86 bits per heavy atom. The summed E-state index contributed by atoms with van der Waals surface area (Å²) in [6.07, 6.45) is 0. The Balaban J connectivity index is 3.11. The van der Waals surface area contributed by atoms with Gasteiger partial charge in [-0.1, -0.05) is 23.4 Å². The van der Waals surface area contributed by atoms with Gasteiger partial charge in [-0.15, -0.1) is 6.58 Å². The molecule has 14 heavy (non-hydrogen) atoms. The first-order valence-corrected chi connectivity index (χ1v) is 6.20. The standard InChI is InChI=1S/C12H19NSi/c1-4-13(5-2)12-9-7-6-8-11(12)10(3)14/h6-9H,3-5H2,1-2,14H3. The third-order valence-electron chi connectivity index (χ3n) is 2.47. The van der Waals surface area contributed by atoms with Crippen molar-refractivity contribution in [2.45, 2.75) is 13.8 Å². The third kappa shape index (κ3) is 2.26. The molecule has 76 valence electrons. The highest BCUT2D eigenvalue weighted by atomic mass is 28.1. The molecule has 0 atom stereocenters. The van der Waals surface area contributed by atoms with Gasteiger partial charge < -0.3 is 4.90 Å². The monoisotopic (exact) mass is 205 g/mol. The van der Waals surface area contributed by atoms with E-state index in [9.17, 15) is 0 Å². The second kappa shape index (κ2) is 5.01. The van der Waals surface area contributed by atoms with Crippen LogP contribution in [0.1, 0.15) is 19.4 Å². The van der Waals surface area contributed by atoms with Gasteiger partial charge in [0.25, 0.3) is 0 Å². The summed E-state index contributed by atoms with van der Waals surface area (Å²) in [5, 5.41) is 1.27. The number of nitrogens with zero attached hydrogens (tertiary/aromatic N) is 1. The molecular weight excluding hydrogens is 186 g/mol. The van der Waals surface area contributed by atoms with E-state index in [-0.39, 0.29) is 0 Å². The highest BCUT2D eigenvalue weighted by molar-refractivity contribution is 6.42. The topological polar surface area (TPSA) is 3.24 Å². The van der Waals surface area contributed by atoms with Crippen LogP contribution >= 0.6 is 0 Å². The summed E-state index contributed by atoms with van der Waals surface area (Å²) in [5.41, 5.74) is 2.65. The van der Waals surface area contributed by atoms with Gasteiger partial charge in [0.05, 0.1) is 0 Å². The number of anilines is 1. The number of para-hydroxylation sites is 1. The Labute approximate surface area is 89.9 Å². The SMILES string of the molecule is C=C([SiH3])c1ccccc1N(CC)CC. The van der Waals surface area contributed by atoms with Gasteiger partial charge in [0, 0.05) is 29.0 Å². The van der Waals surface area contributed by atoms with Crippen molar-refractivity contribution in [1.82, 2.24) is 0 Å². The zero-order valence-electron chi connectivity index (χ0n) is 9.38. The molecular formula is C12H19NSi. The second-order valence-electron chi connectivity index (χ2n) is 3.47. The van der Waals surface area contributed by atoms with Crippen LogP contribution in [0.25, 0.3) is 5.20 Å². The van der Waals surface area contributed by atoms with Gasteiger partial charge in [-0.2, -0.15) is 0 Å². The highest BCUT2D eigenvalue weighted by Gasteiger charge is 2.06. The lowest BCUT2D eigenvalue weighted by atomic mass is 10.1. The van der Waals surface area contributed by atoms with Gasteiger partial charge in [0.2, 0.25) is 0 Å². The van der Waals surface area contributed by atoms with E-state index in [2.05, 4.69) is 49.6 Å². The normalized spacial score (nSPS) is 10.1. The van der Waals surface area contributed by atoms with E-state index < -0.39 is 0 Å². The van der Waals surface area contributed by atoms with Crippen LogP contribution in [0.5, 0.6) is 0 Å². The zero-order valence-corrected chi connectivity index (χ0v) is 11.4. The molecule has 1 rings (SSSR count). The fraction of sp³-hybridized carbons (Fsp3) is 0.333. The number of hydrogen-bond donors (Lipinski definition) is 0. The van der Waals surface area contributed by atoms with Crippen molar-refractivity contribution in [2.24, 2.45) is 0 Å². The molecule has 0 bridgehead atoms. The predicted octanol–water partition coefficient (Wildman–Crippen LogP) is 1.87. The molecule has 2 heteroatoms. The molecule has 1 nitrogen and oxygen atoms in total. The smallest absolute Gasteiger partial charge is 0.0437 e. The molecule has 0 aliphatic carbocycles. The Hall–Kier alpha value is -1.02. The van der Waals surface area contributed by atoms with E-state index in [1.54, 1.807) is 0 Å². The second-order valence-corrected chi connectivity index (χ2v) is 4.68. The van der Waals surface area contributed by atoms with Crippen LogP contribution in [0.15, 0.2) is 30.8 Å². The maximum Gasteiger partial charge on any atom is 0.0437 e. The first kappa shape index (κ1) is 11.1. The third-order valence-corrected chi connectivity index (χ3v) is 3.01. The number of rotatable bonds is 4. The summed E-state index contributed by atoms with van der Waals surface area (Å²) < 4.78 is 0. The minimum Gasteiger partial charge on any atom is -0.372 e. The average Bonchev–Trinajstić information content (AvgIpc) is 2.20. The molecule has 1 aromatic rings.